The molecule has 216 valence electrons. The first kappa shape index (κ1) is 31.9. The zero-order chi connectivity index (χ0) is 27.0. The summed E-state index contributed by atoms with van der Waals surface area (Å²) in [7, 11) is 0. The van der Waals surface area contributed by atoms with E-state index >= 15 is 0 Å². The van der Waals surface area contributed by atoms with Gasteiger partial charge in [0.15, 0.2) is 0 Å². The van der Waals surface area contributed by atoms with Gasteiger partial charge in [-0.05, 0) is 62.2 Å². The van der Waals surface area contributed by atoms with Crippen LogP contribution in [0.25, 0.3) is 10.9 Å². The van der Waals surface area contributed by atoms with E-state index in [1.807, 2.05) is 25.1 Å². The number of rotatable bonds is 6. The molecule has 1 atom stereocenters. The van der Waals surface area contributed by atoms with Crippen LogP contribution >= 0.6 is 36.6 Å². The number of carbonyl (C=O) groups excluding carboxylic acids is 1. The summed E-state index contributed by atoms with van der Waals surface area (Å²) in [6.07, 6.45) is -3.97. The monoisotopic (exact) mass is 613 g/mol. The van der Waals surface area contributed by atoms with Crippen LogP contribution in [0.15, 0.2) is 65.2 Å². The molecule has 1 aromatic heterocycles. The number of allylic oxidation sites excluding steroid dienone is 1. The number of pyridine rings is 1. The van der Waals surface area contributed by atoms with Crippen LogP contribution in [0.1, 0.15) is 18.2 Å². The maximum atomic E-state index is 13.9. The van der Waals surface area contributed by atoms with Gasteiger partial charge in [-0.1, -0.05) is 30.0 Å². The maximum absolute atomic E-state index is 13.9. The molecule has 1 fully saturated rings. The molecular weight excluding hydrogens is 582 g/mol. The topological polar surface area (TPSA) is 65.7 Å². The van der Waals surface area contributed by atoms with E-state index in [4.69, 9.17) is 5.73 Å². The zero-order valence-corrected chi connectivity index (χ0v) is 24.6. The Bertz CT molecular complexity index is 1400. The van der Waals surface area contributed by atoms with Crippen LogP contribution in [0.4, 0.5) is 24.5 Å². The summed E-state index contributed by atoms with van der Waals surface area (Å²) in [6.45, 7) is 8.04. The second kappa shape index (κ2) is 12.9. The third kappa shape index (κ3) is 6.62. The van der Waals surface area contributed by atoms with Crippen LogP contribution in [0, 0.1) is 6.92 Å². The van der Waals surface area contributed by atoms with E-state index in [0.29, 0.717) is 12.1 Å². The van der Waals surface area contributed by atoms with E-state index in [1.54, 1.807) is 25.1 Å². The van der Waals surface area contributed by atoms with E-state index in [1.165, 1.54) is 10.6 Å². The molecule has 1 unspecified atom stereocenters. The molecule has 3 aromatic rings. The van der Waals surface area contributed by atoms with Crippen LogP contribution in [0.3, 0.4) is 0 Å². The van der Waals surface area contributed by atoms with Crippen LogP contribution in [-0.2, 0) is 11.2 Å². The van der Waals surface area contributed by atoms with Crippen LogP contribution in [0.5, 0.6) is 0 Å². The summed E-state index contributed by atoms with van der Waals surface area (Å²) in [6, 6.07) is 17.6. The van der Waals surface area contributed by atoms with Crippen molar-refractivity contribution in [3.05, 3.63) is 76.5 Å². The smallest absolute Gasteiger partial charge is 0.368 e. The number of alkyl halides is 3. The van der Waals surface area contributed by atoms with Gasteiger partial charge in [0.2, 0.25) is 0 Å². The summed E-state index contributed by atoms with van der Waals surface area (Å²) in [4.78, 5) is 21.9. The van der Waals surface area contributed by atoms with Gasteiger partial charge in [-0.2, -0.15) is 13.2 Å². The fourth-order valence-corrected chi connectivity index (χ4v) is 6.34. The number of fused-ring (bicyclic) bond motifs is 1. The molecule has 2 aliphatic rings. The van der Waals surface area contributed by atoms with Gasteiger partial charge in [0.05, 0.1) is 10.9 Å². The summed E-state index contributed by atoms with van der Waals surface area (Å²) in [5, 5.41) is 0.565. The minimum absolute atomic E-state index is 0. The third-order valence-corrected chi connectivity index (χ3v) is 8.25. The average molecular weight is 615 g/mol. The average Bonchev–Trinajstić information content (AvgIpc) is 3.25. The van der Waals surface area contributed by atoms with E-state index in [0.717, 1.165) is 66.6 Å². The lowest BCUT2D eigenvalue weighted by atomic mass is 10.1. The molecular formula is C28H32Cl2F3N5OS. The van der Waals surface area contributed by atoms with E-state index in [-0.39, 0.29) is 24.8 Å². The van der Waals surface area contributed by atoms with Gasteiger partial charge >= 0.3 is 6.18 Å². The first-order valence-corrected chi connectivity index (χ1v) is 13.5. The molecule has 2 aromatic carbocycles. The number of piperazine rings is 1. The van der Waals surface area contributed by atoms with Gasteiger partial charge < -0.3 is 15.5 Å². The lowest BCUT2D eigenvalue weighted by Gasteiger charge is -2.36. The number of amides is 1. The number of nitrogens with zero attached hydrogens (tertiary/aromatic N) is 4. The molecule has 12 heteroatoms. The van der Waals surface area contributed by atoms with E-state index in [9.17, 15) is 18.0 Å². The van der Waals surface area contributed by atoms with E-state index in [2.05, 4.69) is 33.0 Å². The van der Waals surface area contributed by atoms with Crippen molar-refractivity contribution in [2.75, 3.05) is 42.5 Å². The predicted octanol–water partition coefficient (Wildman–Crippen LogP) is 5.91. The fraction of sp³-hybridized carbons (Fsp3) is 0.357. The summed E-state index contributed by atoms with van der Waals surface area (Å²) in [5.74, 6) is -1.05. The van der Waals surface area contributed by atoms with Crippen molar-refractivity contribution in [2.45, 2.75) is 31.8 Å². The molecule has 0 bridgehead atoms. The standard InChI is InChI=1S/C28H30F3N5OS.2ClH/c1-18-9-10-22-23(33-18)7-4-8-24(22)35-15-13-34(14-16-35)12-11-20-5-3-6-21(17-20)36-19(2)38-25(27(32)37)26(36)28(29,30)31;;/h3-10,17,19H,11-16H2,1-2H3,(H2,32,37);2*1H. The first-order valence-electron chi connectivity index (χ1n) is 12.6. The molecule has 0 aliphatic carbocycles. The molecule has 6 nitrogen and oxygen atoms in total. The van der Waals surface area contributed by atoms with Crippen LogP contribution in [-0.4, -0.2) is 60.1 Å². The molecule has 3 heterocycles. The van der Waals surface area contributed by atoms with Crippen molar-refractivity contribution in [1.82, 2.24) is 9.88 Å². The summed E-state index contributed by atoms with van der Waals surface area (Å²) in [5.41, 5.74) is 8.86. The number of carbonyl (C=O) groups is 1. The molecule has 0 radical (unpaired) electrons. The number of thioether (sulfide) groups is 1. The molecule has 1 saturated heterocycles. The van der Waals surface area contributed by atoms with Crippen molar-refractivity contribution in [2.24, 2.45) is 5.73 Å². The van der Waals surface area contributed by atoms with Gasteiger partial charge in [-0.25, -0.2) is 0 Å². The molecule has 2 N–H and O–H groups in total. The Hall–Kier alpha value is -2.66. The van der Waals surface area contributed by atoms with Gasteiger partial charge in [-0.3, -0.25) is 14.7 Å². The van der Waals surface area contributed by atoms with Gasteiger partial charge in [0.25, 0.3) is 5.91 Å². The maximum Gasteiger partial charge on any atom is 0.432 e. The quantitative estimate of drug-likeness (QED) is 0.373. The van der Waals surface area contributed by atoms with Crippen molar-refractivity contribution in [3.8, 4) is 0 Å². The highest BCUT2D eigenvalue weighted by Crippen LogP contribution is 2.47. The molecule has 5 rings (SSSR count). The number of primary amides is 1. The largest absolute Gasteiger partial charge is 0.432 e. The Labute approximate surface area is 248 Å². The first-order chi connectivity index (χ1) is 18.1. The zero-order valence-electron chi connectivity index (χ0n) is 22.1. The van der Waals surface area contributed by atoms with Crippen molar-refractivity contribution < 1.29 is 18.0 Å². The lowest BCUT2D eigenvalue weighted by Crippen LogP contribution is -2.47. The molecule has 40 heavy (non-hydrogen) atoms. The molecule has 1 amide bonds. The van der Waals surface area contributed by atoms with Gasteiger partial charge in [0.1, 0.15) is 10.6 Å². The number of nitrogens with two attached hydrogens (primary N) is 1. The van der Waals surface area contributed by atoms with Gasteiger partial charge in [-0.15, -0.1) is 24.8 Å². The Morgan fingerprint density at radius 2 is 1.75 bits per heavy atom. The van der Waals surface area contributed by atoms with Crippen molar-refractivity contribution in [3.63, 3.8) is 0 Å². The minimum Gasteiger partial charge on any atom is -0.368 e. The number of halogens is 5. The molecule has 0 spiro atoms. The Kier molecular flexibility index (Phi) is 10.3. The SMILES string of the molecule is Cc1ccc2c(N3CCN(CCc4cccc(N5C(C(F)(F)F)=C(C(N)=O)SC5C)c4)CC3)cccc2n1.Cl.Cl. The Morgan fingerprint density at radius 3 is 2.42 bits per heavy atom. The highest BCUT2D eigenvalue weighted by atomic mass is 35.5. The fourth-order valence-electron chi connectivity index (χ4n) is 5.23. The molecule has 2 aliphatic heterocycles. The second-order valence-corrected chi connectivity index (χ2v) is 11.0. The van der Waals surface area contributed by atoms with Crippen molar-refractivity contribution >= 4 is 64.8 Å². The highest BCUT2D eigenvalue weighted by Gasteiger charge is 2.48. The number of aryl methyl sites for hydroxylation is 1. The van der Waals surface area contributed by atoms with Gasteiger partial charge in [0, 0.05) is 55.2 Å². The number of hydrogen-bond donors (Lipinski definition) is 1. The summed E-state index contributed by atoms with van der Waals surface area (Å²) >= 11 is 0.847. The highest BCUT2D eigenvalue weighted by molar-refractivity contribution is 8.05. The lowest BCUT2D eigenvalue weighted by molar-refractivity contribution is -0.115. The Morgan fingerprint density at radius 1 is 1.05 bits per heavy atom. The Balaban J connectivity index is 0.00000220. The van der Waals surface area contributed by atoms with E-state index < -0.39 is 28.1 Å². The minimum atomic E-state index is -4.68. The summed E-state index contributed by atoms with van der Waals surface area (Å²) < 4.78 is 41.7. The van der Waals surface area contributed by atoms with Crippen molar-refractivity contribution in [1.29, 1.82) is 0 Å². The van der Waals surface area contributed by atoms with Crippen LogP contribution in [0.2, 0.25) is 0 Å². The third-order valence-electron chi connectivity index (χ3n) is 7.07. The molecule has 0 saturated carbocycles. The second-order valence-electron chi connectivity index (χ2n) is 9.67. The number of hydrogen-bond acceptors (Lipinski definition) is 6. The number of anilines is 2. The normalized spacial score (nSPS) is 18.1. The number of aromatic nitrogens is 1. The predicted molar refractivity (Wildman–Crippen MR) is 162 cm³/mol. The number of benzene rings is 2. The van der Waals surface area contributed by atoms with Crippen LogP contribution < -0.4 is 15.5 Å².